The van der Waals surface area contributed by atoms with E-state index in [2.05, 4.69) is 27.3 Å². The number of hydrogen-bond acceptors (Lipinski definition) is 2. The fourth-order valence-corrected chi connectivity index (χ4v) is 2.56. The molecule has 1 aliphatic rings. The molecule has 4 heteroatoms. The molecule has 0 aliphatic heterocycles. The second kappa shape index (κ2) is 4.84. The number of halogens is 2. The topological polar surface area (TPSA) is 35.8 Å². The van der Waals surface area contributed by atoms with Gasteiger partial charge in [0.15, 0.2) is 0 Å². The Morgan fingerprint density at radius 3 is 2.94 bits per heavy atom. The summed E-state index contributed by atoms with van der Waals surface area (Å²) in [4.78, 5) is 0. The molecule has 1 aromatic rings. The first-order valence-electron chi connectivity index (χ1n) is 5.32. The summed E-state index contributed by atoms with van der Waals surface area (Å²) in [5.41, 5.74) is 0.855. The van der Waals surface area contributed by atoms with E-state index in [-0.39, 0.29) is 17.8 Å². The molecule has 2 nitrogen and oxygen atoms in total. The van der Waals surface area contributed by atoms with Crippen LogP contribution in [0.3, 0.4) is 0 Å². The maximum absolute atomic E-state index is 12.9. The van der Waals surface area contributed by atoms with Crippen LogP contribution in [0.15, 0.2) is 22.7 Å². The van der Waals surface area contributed by atoms with E-state index in [0.717, 1.165) is 24.9 Å². The molecular formula is C12H12BrFN2. The van der Waals surface area contributed by atoms with Crippen molar-refractivity contribution in [2.45, 2.75) is 25.3 Å². The Kier molecular flexibility index (Phi) is 3.45. The van der Waals surface area contributed by atoms with Crippen molar-refractivity contribution < 1.29 is 4.39 Å². The minimum Gasteiger partial charge on any atom is -0.380 e. The van der Waals surface area contributed by atoms with E-state index in [1.54, 1.807) is 6.07 Å². The minimum atomic E-state index is -0.263. The second-order valence-electron chi connectivity index (χ2n) is 4.04. The van der Waals surface area contributed by atoms with Crippen molar-refractivity contribution in [3.05, 3.63) is 28.5 Å². The summed E-state index contributed by atoms with van der Waals surface area (Å²) < 4.78 is 13.6. The van der Waals surface area contributed by atoms with Crippen LogP contribution < -0.4 is 5.32 Å². The maximum Gasteiger partial charge on any atom is 0.124 e. The number of benzene rings is 1. The molecule has 0 saturated heterocycles. The monoisotopic (exact) mass is 282 g/mol. The molecule has 0 spiro atoms. The summed E-state index contributed by atoms with van der Waals surface area (Å²) in [6.45, 7) is 0. The standard InChI is InChI=1S/C12H12BrFN2/c13-10-6-9(14)4-5-12(10)16-11-3-1-2-8(11)7-15/h4-6,8,11,16H,1-3H2. The number of rotatable bonds is 2. The Bertz CT molecular complexity index is 428. The van der Waals surface area contributed by atoms with E-state index >= 15 is 0 Å². The lowest BCUT2D eigenvalue weighted by Crippen LogP contribution is -2.22. The van der Waals surface area contributed by atoms with Gasteiger partial charge in [-0.15, -0.1) is 0 Å². The number of anilines is 1. The summed E-state index contributed by atoms with van der Waals surface area (Å²) in [6, 6.07) is 7.05. The number of nitriles is 1. The molecule has 0 radical (unpaired) electrons. The van der Waals surface area contributed by atoms with Crippen molar-refractivity contribution in [3.63, 3.8) is 0 Å². The van der Waals surface area contributed by atoms with Gasteiger partial charge in [-0.3, -0.25) is 0 Å². The molecule has 0 aromatic heterocycles. The van der Waals surface area contributed by atoms with Gasteiger partial charge < -0.3 is 5.32 Å². The van der Waals surface area contributed by atoms with E-state index in [1.807, 2.05) is 0 Å². The van der Waals surface area contributed by atoms with Crippen molar-refractivity contribution >= 4 is 21.6 Å². The average molecular weight is 283 g/mol. The van der Waals surface area contributed by atoms with Crippen molar-refractivity contribution in [1.29, 1.82) is 5.26 Å². The Balaban J connectivity index is 2.12. The summed E-state index contributed by atoms with van der Waals surface area (Å²) in [5.74, 6) is -0.197. The molecule has 0 heterocycles. The molecule has 1 fully saturated rings. The highest BCUT2D eigenvalue weighted by molar-refractivity contribution is 9.10. The third-order valence-electron chi connectivity index (χ3n) is 2.95. The van der Waals surface area contributed by atoms with Gasteiger partial charge in [0.05, 0.1) is 12.0 Å². The largest absolute Gasteiger partial charge is 0.380 e. The van der Waals surface area contributed by atoms with Gasteiger partial charge in [-0.1, -0.05) is 0 Å². The molecule has 2 rings (SSSR count). The Morgan fingerprint density at radius 1 is 1.44 bits per heavy atom. The lowest BCUT2D eigenvalue weighted by Gasteiger charge is -2.18. The van der Waals surface area contributed by atoms with Crippen LogP contribution >= 0.6 is 15.9 Å². The van der Waals surface area contributed by atoms with Gasteiger partial charge in [-0.2, -0.15) is 5.26 Å². The van der Waals surface area contributed by atoms with Crippen LogP contribution in [0, 0.1) is 23.1 Å². The molecule has 2 atom stereocenters. The summed E-state index contributed by atoms with van der Waals surface area (Å²) in [6.07, 6.45) is 3.03. The molecule has 1 saturated carbocycles. The van der Waals surface area contributed by atoms with Crippen LogP contribution in [0.4, 0.5) is 10.1 Å². The zero-order chi connectivity index (χ0) is 11.5. The number of nitrogens with zero attached hydrogens (tertiary/aromatic N) is 1. The zero-order valence-corrected chi connectivity index (χ0v) is 10.3. The van der Waals surface area contributed by atoms with Crippen LogP contribution in [0.25, 0.3) is 0 Å². The first kappa shape index (κ1) is 11.4. The van der Waals surface area contributed by atoms with Gasteiger partial charge in [0.1, 0.15) is 5.82 Å². The normalized spacial score (nSPS) is 24.1. The summed E-state index contributed by atoms with van der Waals surface area (Å²) in [7, 11) is 0. The SMILES string of the molecule is N#CC1CCCC1Nc1ccc(F)cc1Br. The van der Waals surface area contributed by atoms with E-state index in [9.17, 15) is 4.39 Å². The molecule has 1 aliphatic carbocycles. The third kappa shape index (κ3) is 2.35. The Hall–Kier alpha value is -1.08. The third-order valence-corrected chi connectivity index (χ3v) is 3.61. The van der Waals surface area contributed by atoms with Gasteiger partial charge in [0.25, 0.3) is 0 Å². The fourth-order valence-electron chi connectivity index (χ4n) is 2.09. The fraction of sp³-hybridized carbons (Fsp3) is 0.417. The Morgan fingerprint density at radius 2 is 2.25 bits per heavy atom. The van der Waals surface area contributed by atoms with Gasteiger partial charge >= 0.3 is 0 Å². The highest BCUT2D eigenvalue weighted by atomic mass is 79.9. The molecule has 84 valence electrons. The Labute approximate surface area is 103 Å². The van der Waals surface area contributed by atoms with Crippen LogP contribution in [-0.4, -0.2) is 6.04 Å². The highest BCUT2D eigenvalue weighted by Gasteiger charge is 2.27. The van der Waals surface area contributed by atoms with Crippen molar-refractivity contribution in [2.75, 3.05) is 5.32 Å². The maximum atomic E-state index is 12.9. The van der Waals surface area contributed by atoms with Crippen molar-refractivity contribution in [2.24, 2.45) is 5.92 Å². The molecule has 1 N–H and O–H groups in total. The first-order valence-corrected chi connectivity index (χ1v) is 6.11. The van der Waals surface area contributed by atoms with Crippen LogP contribution in [0.5, 0.6) is 0 Å². The highest BCUT2D eigenvalue weighted by Crippen LogP contribution is 2.31. The smallest absolute Gasteiger partial charge is 0.124 e. The van der Waals surface area contributed by atoms with Gasteiger partial charge in [0.2, 0.25) is 0 Å². The minimum absolute atomic E-state index is 0.0666. The van der Waals surface area contributed by atoms with Gasteiger partial charge in [-0.05, 0) is 53.4 Å². The summed E-state index contributed by atoms with van der Waals surface area (Å²) in [5, 5.41) is 12.3. The van der Waals surface area contributed by atoms with Crippen LogP contribution in [0.1, 0.15) is 19.3 Å². The van der Waals surface area contributed by atoms with E-state index in [1.165, 1.54) is 12.1 Å². The van der Waals surface area contributed by atoms with Crippen molar-refractivity contribution in [3.8, 4) is 6.07 Å². The number of nitrogens with one attached hydrogen (secondary N) is 1. The molecule has 2 unspecified atom stereocenters. The lowest BCUT2D eigenvalue weighted by atomic mass is 10.1. The van der Waals surface area contributed by atoms with E-state index in [0.29, 0.717) is 4.47 Å². The van der Waals surface area contributed by atoms with Crippen LogP contribution in [0.2, 0.25) is 0 Å². The van der Waals surface area contributed by atoms with E-state index in [4.69, 9.17) is 5.26 Å². The summed E-state index contributed by atoms with van der Waals surface area (Å²) >= 11 is 3.31. The van der Waals surface area contributed by atoms with Crippen molar-refractivity contribution in [1.82, 2.24) is 0 Å². The van der Waals surface area contributed by atoms with E-state index < -0.39 is 0 Å². The second-order valence-corrected chi connectivity index (χ2v) is 4.90. The number of hydrogen-bond donors (Lipinski definition) is 1. The molecule has 0 bridgehead atoms. The van der Waals surface area contributed by atoms with Gasteiger partial charge in [-0.25, -0.2) is 4.39 Å². The van der Waals surface area contributed by atoms with Gasteiger partial charge in [0, 0.05) is 16.2 Å². The molecule has 0 amide bonds. The first-order chi connectivity index (χ1) is 7.70. The predicted octanol–water partition coefficient (Wildman–Crippen LogP) is 3.69. The average Bonchev–Trinajstić information content (AvgIpc) is 2.69. The molecule has 16 heavy (non-hydrogen) atoms. The van der Waals surface area contributed by atoms with Crippen LogP contribution in [-0.2, 0) is 0 Å². The predicted molar refractivity (Wildman–Crippen MR) is 64.5 cm³/mol. The quantitative estimate of drug-likeness (QED) is 0.898. The molecule has 1 aromatic carbocycles. The zero-order valence-electron chi connectivity index (χ0n) is 8.71. The lowest BCUT2D eigenvalue weighted by molar-refractivity contribution is 0.621. The molecular weight excluding hydrogens is 271 g/mol.